The van der Waals surface area contributed by atoms with Crippen LogP contribution in [-0.4, -0.2) is 52.3 Å². The molecule has 1 aromatic rings. The molecule has 1 aliphatic heterocycles. The van der Waals surface area contributed by atoms with Crippen LogP contribution >= 0.6 is 14.3 Å². The predicted molar refractivity (Wildman–Crippen MR) is 91.0 cm³/mol. The van der Waals surface area contributed by atoms with Crippen LogP contribution in [0.25, 0.3) is 0 Å². The van der Waals surface area contributed by atoms with Gasteiger partial charge in [0.15, 0.2) is 12.6 Å². The highest BCUT2D eigenvalue weighted by molar-refractivity contribution is 8.07. The fourth-order valence-electron chi connectivity index (χ4n) is 2.11. The van der Waals surface area contributed by atoms with Gasteiger partial charge in [-0.2, -0.15) is 0 Å². The van der Waals surface area contributed by atoms with Gasteiger partial charge in [0.1, 0.15) is 12.3 Å². The molecule has 5 atom stereocenters. The molecule has 0 bridgehead atoms. The number of nitrogens with zero attached hydrogens (tertiary/aromatic N) is 1. The molecule has 148 valence electrons. The summed E-state index contributed by atoms with van der Waals surface area (Å²) >= 11 is 4.78. The Hall–Kier alpha value is -0.720. The van der Waals surface area contributed by atoms with Gasteiger partial charge in [-0.05, 0) is 11.8 Å². The van der Waals surface area contributed by atoms with Gasteiger partial charge in [-0.25, -0.2) is 4.79 Å². The lowest BCUT2D eigenvalue weighted by atomic mass is 10.2. The van der Waals surface area contributed by atoms with Gasteiger partial charge in [-0.15, -0.1) is 0 Å². The summed E-state index contributed by atoms with van der Waals surface area (Å²) in [5.74, 6) is 0. The molecular weight excluding hydrogens is 414 g/mol. The second-order valence-electron chi connectivity index (χ2n) is 5.12. The molecule has 0 aromatic carbocycles. The highest BCUT2D eigenvalue weighted by atomic mass is 32.5. The minimum Gasteiger partial charge on any atom is -0.337 e. The molecule has 1 aromatic heterocycles. The third-order valence-corrected chi connectivity index (χ3v) is 6.13. The Morgan fingerprint density at radius 1 is 1.38 bits per heavy atom. The van der Waals surface area contributed by atoms with E-state index in [1.54, 1.807) is 0 Å². The fourth-order valence-corrected chi connectivity index (χ4v) is 3.50. The molecule has 2 unspecified atom stereocenters. The number of hydrogen-bond donors (Lipinski definition) is 3. The van der Waals surface area contributed by atoms with E-state index < -0.39 is 50.5 Å². The molecule has 0 spiro atoms. The molecule has 1 fully saturated rings. The number of nitrogens with one attached hydrogen (secondary N) is 1. The van der Waals surface area contributed by atoms with Crippen molar-refractivity contribution in [2.75, 3.05) is 20.6 Å². The van der Waals surface area contributed by atoms with Crippen LogP contribution in [0.15, 0.2) is 21.9 Å². The van der Waals surface area contributed by atoms with E-state index in [0.717, 1.165) is 24.9 Å². The summed E-state index contributed by atoms with van der Waals surface area (Å²) in [7, 11) is -1.81. The quantitative estimate of drug-likeness (QED) is 0.469. The summed E-state index contributed by atoms with van der Waals surface area (Å²) in [5.41, 5.74) is -1.32. The van der Waals surface area contributed by atoms with E-state index in [9.17, 15) is 23.9 Å². The van der Waals surface area contributed by atoms with E-state index in [2.05, 4.69) is 9.51 Å². The predicted octanol–water partition coefficient (Wildman–Crippen LogP) is -0.164. The van der Waals surface area contributed by atoms with Crippen LogP contribution in [0.3, 0.4) is 0 Å². The van der Waals surface area contributed by atoms with Gasteiger partial charge in [-0.3, -0.25) is 23.4 Å². The second kappa shape index (κ2) is 8.53. The largest absolute Gasteiger partial charge is 0.353 e. The van der Waals surface area contributed by atoms with Gasteiger partial charge in [0.2, 0.25) is 0 Å². The highest BCUT2D eigenvalue weighted by Crippen LogP contribution is 2.49. The molecule has 1 aliphatic rings. The molecule has 12 nitrogen and oxygen atoms in total. The first-order valence-electron chi connectivity index (χ1n) is 7.10. The Morgan fingerprint density at radius 3 is 2.65 bits per heavy atom. The van der Waals surface area contributed by atoms with Gasteiger partial charge in [0, 0.05) is 32.9 Å². The smallest absolute Gasteiger partial charge is 0.337 e. The molecule has 2 heterocycles. The summed E-state index contributed by atoms with van der Waals surface area (Å²) in [4.78, 5) is 44.4. The lowest BCUT2D eigenvalue weighted by molar-refractivity contribution is -0.166. The van der Waals surface area contributed by atoms with Crippen molar-refractivity contribution in [1.29, 1.82) is 0 Å². The number of aromatic amines is 1. The van der Waals surface area contributed by atoms with Crippen molar-refractivity contribution < 1.29 is 37.4 Å². The molecule has 15 heteroatoms. The Morgan fingerprint density at radius 2 is 2.08 bits per heavy atom. The van der Waals surface area contributed by atoms with Gasteiger partial charge in [0.25, 0.3) is 5.56 Å². The Balaban J connectivity index is 2.22. The van der Waals surface area contributed by atoms with Crippen LogP contribution in [0.1, 0.15) is 12.6 Å². The van der Waals surface area contributed by atoms with Crippen LogP contribution in [-0.2, 0) is 39.4 Å². The normalized spacial score (nSPS) is 27.8. The number of H-pyrrole nitrogens is 1. The monoisotopic (exact) mass is 432 g/mol. The van der Waals surface area contributed by atoms with Crippen LogP contribution in [0.4, 0.5) is 0 Å². The minimum absolute atomic E-state index is 0.0123. The zero-order valence-electron chi connectivity index (χ0n) is 13.7. The van der Waals surface area contributed by atoms with Crippen molar-refractivity contribution in [3.63, 3.8) is 0 Å². The summed E-state index contributed by atoms with van der Waals surface area (Å²) in [6.07, 6.45) is -2.72. The average molecular weight is 432 g/mol. The lowest BCUT2D eigenvalue weighted by Crippen LogP contribution is -2.31. The maximum atomic E-state index is 11.9. The van der Waals surface area contributed by atoms with E-state index in [1.807, 2.05) is 0 Å². The van der Waals surface area contributed by atoms with Crippen LogP contribution in [0.5, 0.6) is 0 Å². The van der Waals surface area contributed by atoms with Crippen LogP contribution in [0.2, 0.25) is 0 Å². The summed E-state index contributed by atoms with van der Waals surface area (Å²) in [5, 5.41) is 0. The first kappa shape index (κ1) is 21.6. The summed E-state index contributed by atoms with van der Waals surface area (Å²) in [6, 6.07) is 1.12. The molecule has 0 amide bonds. The van der Waals surface area contributed by atoms with Crippen molar-refractivity contribution in [3.05, 3.63) is 33.1 Å². The highest BCUT2D eigenvalue weighted by Gasteiger charge is 2.42. The topological polar surface area (TPSA) is 159 Å². The van der Waals surface area contributed by atoms with Crippen LogP contribution < -0.4 is 11.2 Å². The van der Waals surface area contributed by atoms with E-state index >= 15 is 0 Å². The molecule has 26 heavy (non-hydrogen) atoms. The standard InChI is InChI=1S/C11H18N2O10P2S/c1-19-24(16,17)6-21-10-7(23-25(18,26)20-2)5-9(22-10)13-4-3-8(14)12-11(13)15/h3-4,7,9-10H,5-6H2,1-2H3,(H,16,17)(H,18,26)(H,12,14,15)/t7-,9+,10-,25?/m0/s1. The van der Waals surface area contributed by atoms with Crippen molar-refractivity contribution in [1.82, 2.24) is 9.55 Å². The number of ether oxygens (including phenoxy) is 2. The molecular formula is C11H18N2O10P2S. The molecule has 2 rings (SSSR count). The number of rotatable bonds is 8. The molecule has 0 aliphatic carbocycles. The Kier molecular flexibility index (Phi) is 7.08. The number of aromatic nitrogens is 2. The van der Waals surface area contributed by atoms with E-state index in [0.29, 0.717) is 0 Å². The van der Waals surface area contributed by atoms with Crippen LogP contribution in [0, 0.1) is 0 Å². The fraction of sp³-hybridized carbons (Fsp3) is 0.636. The van der Waals surface area contributed by atoms with Crippen molar-refractivity contribution in [3.8, 4) is 0 Å². The van der Waals surface area contributed by atoms with Gasteiger partial charge in [0.05, 0.1) is 0 Å². The van der Waals surface area contributed by atoms with Crippen molar-refractivity contribution in [2.45, 2.75) is 25.0 Å². The molecule has 3 N–H and O–H groups in total. The lowest BCUT2D eigenvalue weighted by Gasteiger charge is -2.23. The van der Waals surface area contributed by atoms with Crippen molar-refractivity contribution >= 4 is 26.1 Å². The zero-order chi connectivity index (χ0) is 19.5. The third kappa shape index (κ3) is 5.64. The first-order chi connectivity index (χ1) is 12.1. The summed E-state index contributed by atoms with van der Waals surface area (Å²) < 4.78 is 37.8. The summed E-state index contributed by atoms with van der Waals surface area (Å²) in [6.45, 7) is -3.60. The zero-order valence-corrected chi connectivity index (χ0v) is 16.3. The van der Waals surface area contributed by atoms with E-state index in [4.69, 9.17) is 30.3 Å². The molecule has 1 saturated heterocycles. The van der Waals surface area contributed by atoms with Gasteiger partial charge >= 0.3 is 20.0 Å². The maximum Gasteiger partial charge on any atom is 0.353 e. The van der Waals surface area contributed by atoms with Gasteiger partial charge < -0.3 is 28.3 Å². The molecule has 0 radical (unpaired) electrons. The number of hydrogen-bond acceptors (Lipinski definition) is 9. The van der Waals surface area contributed by atoms with E-state index in [-0.39, 0.29) is 6.42 Å². The van der Waals surface area contributed by atoms with Crippen molar-refractivity contribution in [2.24, 2.45) is 0 Å². The average Bonchev–Trinajstić information content (AvgIpc) is 2.95. The Bertz CT molecular complexity index is 841. The SMILES string of the molecule is COP(=O)(O)CO[C@H]1O[C@@H](n2ccc(=O)[nH]c2=O)C[C@@H]1OP(O)(=S)OC. The first-order valence-corrected chi connectivity index (χ1v) is 11.5. The minimum atomic E-state index is -4.00. The maximum absolute atomic E-state index is 11.9. The third-order valence-electron chi connectivity index (χ3n) is 3.38. The van der Waals surface area contributed by atoms with E-state index in [1.165, 1.54) is 6.20 Å². The second-order valence-corrected chi connectivity index (χ2v) is 9.92. The van der Waals surface area contributed by atoms with Gasteiger partial charge in [-0.1, -0.05) is 0 Å². The molecule has 0 saturated carbocycles. The Labute approximate surface area is 152 Å².